The maximum atomic E-state index is 14.2. The first kappa shape index (κ1) is 21.0. The lowest BCUT2D eigenvalue weighted by molar-refractivity contribution is -0.119. The van der Waals surface area contributed by atoms with Gasteiger partial charge in [0, 0.05) is 0 Å². The van der Waals surface area contributed by atoms with Crippen LogP contribution < -0.4 is 4.90 Å². The molecule has 5 aromatic rings. The van der Waals surface area contributed by atoms with E-state index in [0.717, 1.165) is 16.7 Å². The molecule has 3 nitrogen and oxygen atoms in total. The first-order valence-electron chi connectivity index (χ1n) is 10.7. The van der Waals surface area contributed by atoms with Crippen molar-refractivity contribution in [2.45, 2.75) is 12.5 Å². The number of thiazole rings is 1. The summed E-state index contributed by atoms with van der Waals surface area (Å²) in [5, 5.41) is 0.557. The fourth-order valence-corrected chi connectivity index (χ4v) is 4.93. The normalized spacial score (nSPS) is 11.1. The summed E-state index contributed by atoms with van der Waals surface area (Å²) in [4.78, 5) is 20.6. The highest BCUT2D eigenvalue weighted by Gasteiger charge is 2.30. The number of hydrogen-bond acceptors (Lipinski definition) is 3. The van der Waals surface area contributed by atoms with Crippen molar-refractivity contribution in [3.63, 3.8) is 0 Å². The van der Waals surface area contributed by atoms with Gasteiger partial charge in [-0.1, -0.05) is 102 Å². The standard InChI is InChI=1S/C28H21FN2OS/c29-23-16-17-24-25(18-23)33-28(30-24)31(19-20-10-4-1-5-11-20)27(32)26(21-12-6-2-7-13-21)22-14-8-3-9-15-22/h1-18,26H,19H2. The fraction of sp³-hybridized carbons (Fsp3) is 0.0714. The topological polar surface area (TPSA) is 33.2 Å². The number of aromatic nitrogens is 1. The minimum Gasteiger partial charge on any atom is -0.283 e. The summed E-state index contributed by atoms with van der Waals surface area (Å²) < 4.78 is 14.5. The average molecular weight is 453 g/mol. The van der Waals surface area contributed by atoms with Crippen LogP contribution in [0.25, 0.3) is 10.2 Å². The van der Waals surface area contributed by atoms with Crippen LogP contribution in [0.4, 0.5) is 9.52 Å². The van der Waals surface area contributed by atoms with Gasteiger partial charge in [0.2, 0.25) is 5.91 Å². The van der Waals surface area contributed by atoms with Crippen molar-refractivity contribution < 1.29 is 9.18 Å². The van der Waals surface area contributed by atoms with Crippen molar-refractivity contribution >= 4 is 32.6 Å². The molecule has 0 aliphatic carbocycles. The van der Waals surface area contributed by atoms with E-state index in [0.29, 0.717) is 21.9 Å². The monoisotopic (exact) mass is 452 g/mol. The van der Waals surface area contributed by atoms with Gasteiger partial charge in [-0.2, -0.15) is 0 Å². The third-order valence-corrected chi connectivity index (χ3v) is 6.57. The average Bonchev–Trinajstić information content (AvgIpc) is 3.27. The van der Waals surface area contributed by atoms with Crippen LogP contribution in [0.3, 0.4) is 0 Å². The predicted molar refractivity (Wildman–Crippen MR) is 132 cm³/mol. The van der Waals surface area contributed by atoms with Crippen molar-refractivity contribution in [1.82, 2.24) is 4.98 Å². The number of anilines is 1. The molecular formula is C28H21FN2OS. The molecule has 162 valence electrons. The Morgan fingerprint density at radius 3 is 2.00 bits per heavy atom. The Morgan fingerprint density at radius 1 is 0.818 bits per heavy atom. The SMILES string of the molecule is O=C(C(c1ccccc1)c1ccccc1)N(Cc1ccccc1)c1nc2ccc(F)cc2s1. The molecule has 0 radical (unpaired) electrons. The number of fused-ring (bicyclic) bond motifs is 1. The zero-order valence-corrected chi connectivity index (χ0v) is 18.6. The first-order chi connectivity index (χ1) is 16.2. The second-order valence-electron chi connectivity index (χ2n) is 7.77. The lowest BCUT2D eigenvalue weighted by Crippen LogP contribution is -2.35. The molecule has 5 heteroatoms. The number of nitrogens with zero attached hydrogens (tertiary/aromatic N) is 2. The molecule has 4 aromatic carbocycles. The zero-order valence-electron chi connectivity index (χ0n) is 17.8. The number of carbonyl (C=O) groups is 1. The molecule has 1 aromatic heterocycles. The summed E-state index contributed by atoms with van der Waals surface area (Å²) in [5.74, 6) is -0.874. The highest BCUT2D eigenvalue weighted by molar-refractivity contribution is 7.22. The summed E-state index contributed by atoms with van der Waals surface area (Å²) in [6, 6.07) is 33.9. The van der Waals surface area contributed by atoms with Crippen molar-refractivity contribution in [2.24, 2.45) is 0 Å². The Bertz CT molecular complexity index is 1330. The van der Waals surface area contributed by atoms with Gasteiger partial charge in [0.1, 0.15) is 5.82 Å². The molecule has 0 unspecified atom stereocenters. The van der Waals surface area contributed by atoms with Crippen LogP contribution in [0.2, 0.25) is 0 Å². The maximum Gasteiger partial charge on any atom is 0.241 e. The van der Waals surface area contributed by atoms with Gasteiger partial charge in [0.15, 0.2) is 5.13 Å². The number of carbonyl (C=O) groups excluding carboxylic acids is 1. The Kier molecular flexibility index (Phi) is 5.96. The molecule has 1 amide bonds. The summed E-state index contributed by atoms with van der Waals surface area (Å²) >= 11 is 1.33. The molecule has 0 bridgehead atoms. The van der Waals surface area contributed by atoms with E-state index in [1.54, 1.807) is 11.0 Å². The van der Waals surface area contributed by atoms with Crippen LogP contribution in [-0.2, 0) is 11.3 Å². The molecule has 0 atom stereocenters. The molecule has 0 spiro atoms. The van der Waals surface area contributed by atoms with Gasteiger partial charge in [-0.25, -0.2) is 9.37 Å². The van der Waals surface area contributed by atoms with Crippen LogP contribution >= 0.6 is 11.3 Å². The third-order valence-electron chi connectivity index (χ3n) is 5.53. The number of benzene rings is 4. The van der Waals surface area contributed by atoms with Crippen LogP contribution in [0.1, 0.15) is 22.6 Å². The molecule has 5 rings (SSSR count). The lowest BCUT2D eigenvalue weighted by atomic mass is 9.90. The van der Waals surface area contributed by atoms with Gasteiger partial charge in [-0.3, -0.25) is 9.69 Å². The maximum absolute atomic E-state index is 14.2. The van der Waals surface area contributed by atoms with Gasteiger partial charge in [-0.05, 0) is 34.9 Å². The second-order valence-corrected chi connectivity index (χ2v) is 8.78. The van der Waals surface area contributed by atoms with E-state index in [1.165, 1.54) is 23.5 Å². The Morgan fingerprint density at radius 2 is 1.39 bits per heavy atom. The quantitative estimate of drug-likeness (QED) is 0.284. The zero-order chi connectivity index (χ0) is 22.6. The van der Waals surface area contributed by atoms with Crippen molar-refractivity contribution in [3.05, 3.63) is 132 Å². The van der Waals surface area contributed by atoms with Crippen LogP contribution in [-0.4, -0.2) is 10.9 Å². The number of halogens is 1. The van der Waals surface area contributed by atoms with E-state index in [4.69, 9.17) is 4.98 Å². The smallest absolute Gasteiger partial charge is 0.241 e. The Hall–Kier alpha value is -3.83. The predicted octanol–water partition coefficient (Wildman–Crippen LogP) is 6.80. The molecule has 33 heavy (non-hydrogen) atoms. The summed E-state index contributed by atoms with van der Waals surface area (Å²) in [5.41, 5.74) is 3.51. The van der Waals surface area contributed by atoms with E-state index in [-0.39, 0.29) is 11.7 Å². The molecular weight excluding hydrogens is 431 g/mol. The van der Waals surface area contributed by atoms with Crippen LogP contribution in [0.15, 0.2) is 109 Å². The van der Waals surface area contributed by atoms with E-state index < -0.39 is 5.92 Å². The molecule has 1 heterocycles. The van der Waals surface area contributed by atoms with E-state index in [1.807, 2.05) is 91.0 Å². The highest BCUT2D eigenvalue weighted by Crippen LogP contribution is 2.34. The van der Waals surface area contributed by atoms with E-state index >= 15 is 0 Å². The molecule has 0 aliphatic heterocycles. The van der Waals surface area contributed by atoms with Crippen LogP contribution in [0.5, 0.6) is 0 Å². The number of rotatable bonds is 6. The molecule has 0 saturated carbocycles. The number of amides is 1. The Balaban J connectivity index is 1.62. The van der Waals surface area contributed by atoms with Crippen molar-refractivity contribution in [2.75, 3.05) is 4.90 Å². The second kappa shape index (κ2) is 9.35. The minimum atomic E-state index is -0.486. The van der Waals surface area contributed by atoms with Gasteiger partial charge < -0.3 is 0 Å². The van der Waals surface area contributed by atoms with Gasteiger partial charge >= 0.3 is 0 Å². The van der Waals surface area contributed by atoms with Gasteiger partial charge in [0.05, 0.1) is 22.7 Å². The first-order valence-corrected chi connectivity index (χ1v) is 11.5. The largest absolute Gasteiger partial charge is 0.283 e. The van der Waals surface area contributed by atoms with Crippen molar-refractivity contribution in [3.8, 4) is 0 Å². The Labute approximate surface area is 195 Å². The molecule has 0 fully saturated rings. The van der Waals surface area contributed by atoms with Gasteiger partial charge in [-0.15, -0.1) is 0 Å². The summed E-state index contributed by atoms with van der Waals surface area (Å²) in [6.07, 6.45) is 0. The lowest BCUT2D eigenvalue weighted by Gasteiger charge is -2.26. The fourth-order valence-electron chi connectivity index (χ4n) is 3.93. The van der Waals surface area contributed by atoms with Crippen LogP contribution in [0, 0.1) is 5.82 Å². The molecule has 0 aliphatic rings. The summed E-state index contributed by atoms with van der Waals surface area (Å²) in [7, 11) is 0. The minimum absolute atomic E-state index is 0.0734. The number of hydrogen-bond donors (Lipinski definition) is 0. The van der Waals surface area contributed by atoms with E-state index in [2.05, 4.69) is 0 Å². The molecule has 0 saturated heterocycles. The van der Waals surface area contributed by atoms with Crippen molar-refractivity contribution in [1.29, 1.82) is 0 Å². The third kappa shape index (κ3) is 4.54. The molecule has 0 N–H and O–H groups in total. The summed E-state index contributed by atoms with van der Waals surface area (Å²) in [6.45, 7) is 0.373. The van der Waals surface area contributed by atoms with E-state index in [9.17, 15) is 9.18 Å². The van der Waals surface area contributed by atoms with Gasteiger partial charge in [0.25, 0.3) is 0 Å². The highest BCUT2D eigenvalue weighted by atomic mass is 32.1.